The molecular formula is C15H29IN6S2. The molecule has 1 aromatic rings. The van der Waals surface area contributed by atoms with E-state index >= 15 is 0 Å². The van der Waals surface area contributed by atoms with Crippen molar-refractivity contribution in [3.05, 3.63) is 5.82 Å². The highest BCUT2D eigenvalue weighted by molar-refractivity contribution is 14.0. The van der Waals surface area contributed by atoms with E-state index < -0.39 is 0 Å². The minimum Gasteiger partial charge on any atom is -0.355 e. The summed E-state index contributed by atoms with van der Waals surface area (Å²) in [4.78, 5) is 13.7. The van der Waals surface area contributed by atoms with Crippen LogP contribution in [0.25, 0.3) is 0 Å². The minimum atomic E-state index is 0. The van der Waals surface area contributed by atoms with Crippen molar-refractivity contribution < 1.29 is 0 Å². The number of rotatable bonds is 5. The van der Waals surface area contributed by atoms with E-state index in [-0.39, 0.29) is 28.7 Å². The first kappa shape index (κ1) is 21.8. The maximum absolute atomic E-state index is 4.59. The van der Waals surface area contributed by atoms with Crippen molar-refractivity contribution in [2.45, 2.75) is 31.9 Å². The van der Waals surface area contributed by atoms with Crippen molar-refractivity contribution in [1.82, 2.24) is 19.6 Å². The summed E-state index contributed by atoms with van der Waals surface area (Å²) < 4.78 is 4.59. The molecule has 1 aromatic heterocycles. The van der Waals surface area contributed by atoms with Crippen molar-refractivity contribution in [2.24, 2.45) is 4.99 Å². The molecule has 0 aromatic carbocycles. The number of hydrogen-bond acceptors (Lipinski definition) is 6. The van der Waals surface area contributed by atoms with E-state index in [1.165, 1.54) is 11.5 Å². The lowest BCUT2D eigenvalue weighted by atomic mass is 10.2. The summed E-state index contributed by atoms with van der Waals surface area (Å²) in [6.45, 7) is 11.3. The van der Waals surface area contributed by atoms with Gasteiger partial charge in [0.1, 0.15) is 5.82 Å². The first-order valence-electron chi connectivity index (χ1n) is 8.07. The van der Waals surface area contributed by atoms with Crippen LogP contribution in [0.15, 0.2) is 4.99 Å². The van der Waals surface area contributed by atoms with Crippen LogP contribution in [0.2, 0.25) is 0 Å². The number of halogens is 1. The Labute approximate surface area is 171 Å². The van der Waals surface area contributed by atoms with Crippen LogP contribution in [-0.4, -0.2) is 71.0 Å². The van der Waals surface area contributed by atoms with Gasteiger partial charge in [0, 0.05) is 62.5 Å². The van der Waals surface area contributed by atoms with Gasteiger partial charge in [0.25, 0.3) is 0 Å². The van der Waals surface area contributed by atoms with Gasteiger partial charge >= 0.3 is 0 Å². The Balaban J connectivity index is 0.00000288. The van der Waals surface area contributed by atoms with Gasteiger partial charge in [-0.05, 0) is 20.1 Å². The van der Waals surface area contributed by atoms with Crippen LogP contribution in [0.5, 0.6) is 0 Å². The summed E-state index contributed by atoms with van der Waals surface area (Å²) in [5.74, 6) is 1.95. The van der Waals surface area contributed by atoms with Crippen LogP contribution in [0.1, 0.15) is 26.6 Å². The predicted octanol–water partition coefficient (Wildman–Crippen LogP) is 2.56. The molecule has 0 bridgehead atoms. The number of aromatic nitrogens is 2. The molecule has 0 saturated carbocycles. The van der Waals surface area contributed by atoms with Gasteiger partial charge in [-0.25, -0.2) is 4.98 Å². The molecule has 9 heteroatoms. The smallest absolute Gasteiger partial charge is 0.205 e. The summed E-state index contributed by atoms with van der Waals surface area (Å²) in [6, 6.07) is 0. The topological polar surface area (TPSA) is 56.7 Å². The van der Waals surface area contributed by atoms with E-state index in [2.05, 4.69) is 56.5 Å². The number of nitrogens with zero attached hydrogens (tertiary/aromatic N) is 5. The summed E-state index contributed by atoms with van der Waals surface area (Å²) in [6.07, 6.45) is 3.05. The van der Waals surface area contributed by atoms with Gasteiger partial charge in [-0.2, -0.15) is 16.1 Å². The van der Waals surface area contributed by atoms with E-state index in [0.29, 0.717) is 0 Å². The van der Waals surface area contributed by atoms with Crippen molar-refractivity contribution in [1.29, 1.82) is 0 Å². The maximum atomic E-state index is 4.59. The number of guanidine groups is 1. The molecule has 138 valence electrons. The maximum Gasteiger partial charge on any atom is 0.205 e. The van der Waals surface area contributed by atoms with Crippen molar-refractivity contribution in [3.63, 3.8) is 0 Å². The molecule has 6 nitrogen and oxygen atoms in total. The Bertz CT molecular complexity index is 526. The van der Waals surface area contributed by atoms with Crippen molar-refractivity contribution in [2.75, 3.05) is 50.9 Å². The van der Waals surface area contributed by atoms with E-state index in [0.717, 1.165) is 56.1 Å². The third-order valence-corrected chi connectivity index (χ3v) is 6.12. The number of aliphatic imine (C=N–C) groups is 1. The lowest BCUT2D eigenvalue weighted by molar-refractivity contribution is 0.371. The Hall–Kier alpha value is -0.290. The van der Waals surface area contributed by atoms with Gasteiger partial charge < -0.3 is 15.1 Å². The minimum absolute atomic E-state index is 0. The molecule has 0 amide bonds. The molecule has 24 heavy (non-hydrogen) atoms. The van der Waals surface area contributed by atoms with E-state index in [4.69, 9.17) is 0 Å². The highest BCUT2D eigenvalue weighted by Gasteiger charge is 2.23. The van der Waals surface area contributed by atoms with E-state index in [1.54, 1.807) is 0 Å². The van der Waals surface area contributed by atoms with E-state index in [9.17, 15) is 0 Å². The Morgan fingerprint density at radius 3 is 2.50 bits per heavy atom. The standard InChI is InChI=1S/C15H28N6S2.HI/c1-6-12-18-14(23-19-12)21-9-7-20(8-10-21)13(16-4)17-11-15(2,3)22-5;/h6-11H2,1-5H3,(H,16,17);1H. The molecule has 0 radical (unpaired) electrons. The number of hydrogen-bond donors (Lipinski definition) is 1. The van der Waals surface area contributed by atoms with Crippen LogP contribution in [0, 0.1) is 0 Å². The van der Waals surface area contributed by atoms with Gasteiger partial charge in [-0.3, -0.25) is 4.99 Å². The lowest BCUT2D eigenvalue weighted by Crippen LogP contribution is -2.54. The second kappa shape index (κ2) is 10.0. The molecule has 1 fully saturated rings. The second-order valence-electron chi connectivity index (χ2n) is 6.19. The van der Waals surface area contributed by atoms with Gasteiger partial charge in [-0.1, -0.05) is 6.92 Å². The highest BCUT2D eigenvalue weighted by Crippen LogP contribution is 2.21. The normalized spacial score (nSPS) is 16.1. The highest BCUT2D eigenvalue weighted by atomic mass is 127. The number of nitrogens with one attached hydrogen (secondary N) is 1. The molecule has 1 aliphatic heterocycles. The van der Waals surface area contributed by atoms with Crippen molar-refractivity contribution in [3.8, 4) is 0 Å². The summed E-state index contributed by atoms with van der Waals surface area (Å²) in [7, 11) is 1.86. The molecular weight excluding hydrogens is 455 g/mol. The molecule has 1 saturated heterocycles. The Morgan fingerprint density at radius 1 is 1.33 bits per heavy atom. The number of anilines is 1. The fourth-order valence-electron chi connectivity index (χ4n) is 2.32. The summed E-state index contributed by atoms with van der Waals surface area (Å²) >= 11 is 3.38. The Kier molecular flexibility index (Phi) is 9.07. The molecule has 0 aliphatic carbocycles. The van der Waals surface area contributed by atoms with Crippen LogP contribution < -0.4 is 10.2 Å². The Morgan fingerprint density at radius 2 is 2.00 bits per heavy atom. The van der Waals surface area contributed by atoms with Gasteiger partial charge in [-0.15, -0.1) is 24.0 Å². The average molecular weight is 484 g/mol. The third-order valence-electron chi connectivity index (χ3n) is 4.06. The fraction of sp³-hybridized carbons (Fsp3) is 0.800. The van der Waals surface area contributed by atoms with Gasteiger partial charge in [0.05, 0.1) is 0 Å². The molecule has 0 spiro atoms. The molecule has 2 rings (SSSR count). The fourth-order valence-corrected chi connectivity index (χ4v) is 3.34. The first-order chi connectivity index (χ1) is 11.0. The van der Waals surface area contributed by atoms with E-state index in [1.807, 2.05) is 18.8 Å². The summed E-state index contributed by atoms with van der Waals surface area (Å²) in [5.41, 5.74) is 0. The average Bonchev–Trinajstić information content (AvgIpc) is 3.05. The van der Waals surface area contributed by atoms with Crippen LogP contribution in [-0.2, 0) is 6.42 Å². The molecule has 0 unspecified atom stereocenters. The molecule has 0 atom stereocenters. The van der Waals surface area contributed by atoms with Gasteiger partial charge in [0.15, 0.2) is 5.96 Å². The molecule has 1 aliphatic rings. The lowest BCUT2D eigenvalue weighted by Gasteiger charge is -2.37. The van der Waals surface area contributed by atoms with Gasteiger partial charge in [0.2, 0.25) is 5.13 Å². The number of aryl methyl sites for hydroxylation is 1. The summed E-state index contributed by atoms with van der Waals surface area (Å²) in [5, 5.41) is 4.56. The number of piperazine rings is 1. The third kappa shape index (κ3) is 5.91. The zero-order valence-electron chi connectivity index (χ0n) is 15.2. The zero-order valence-corrected chi connectivity index (χ0v) is 19.2. The van der Waals surface area contributed by atoms with Crippen LogP contribution in [0.3, 0.4) is 0 Å². The van der Waals surface area contributed by atoms with Crippen LogP contribution in [0.4, 0.5) is 5.13 Å². The molecule has 2 heterocycles. The SMILES string of the molecule is CCc1nsc(N2CCN(C(=NC)NCC(C)(C)SC)CC2)n1.I. The quantitative estimate of drug-likeness (QED) is 0.394. The zero-order chi connectivity index (χ0) is 16.9. The van der Waals surface area contributed by atoms with Crippen molar-refractivity contribution >= 4 is 58.4 Å². The monoisotopic (exact) mass is 484 g/mol. The molecule has 1 N–H and O–H groups in total. The van der Waals surface area contributed by atoms with Crippen LogP contribution >= 0.6 is 47.3 Å². The number of thioether (sulfide) groups is 1. The second-order valence-corrected chi connectivity index (χ2v) is 8.43. The largest absolute Gasteiger partial charge is 0.355 e. The predicted molar refractivity (Wildman–Crippen MR) is 117 cm³/mol. The first-order valence-corrected chi connectivity index (χ1v) is 10.1.